The zero-order valence-electron chi connectivity index (χ0n) is 5.82. The molecule has 6 heteroatoms. The first-order valence-electron chi connectivity index (χ1n) is 2.91. The summed E-state index contributed by atoms with van der Waals surface area (Å²) < 4.78 is 0. The Labute approximate surface area is 68.3 Å². The van der Waals surface area contributed by atoms with Gasteiger partial charge in [-0.25, -0.2) is 0 Å². The maximum atomic E-state index is 10.1. The first-order valence-corrected chi connectivity index (χ1v) is 4.07. The van der Waals surface area contributed by atoms with Crippen molar-refractivity contribution in [3.05, 3.63) is 0 Å². The van der Waals surface area contributed by atoms with Crippen LogP contribution in [-0.2, 0) is 9.59 Å². The summed E-state index contributed by atoms with van der Waals surface area (Å²) in [5.74, 6) is -0.329. The van der Waals surface area contributed by atoms with Gasteiger partial charge in [0.25, 0.3) is 0 Å². The molecule has 0 aromatic heterocycles. The Morgan fingerprint density at radius 2 is 2.45 bits per heavy atom. The fourth-order valence-electron chi connectivity index (χ4n) is 0.350. The lowest BCUT2D eigenvalue weighted by Crippen LogP contribution is -2.33. The number of hydrogen-bond donors (Lipinski definition) is 3. The van der Waals surface area contributed by atoms with E-state index in [4.69, 9.17) is 10.8 Å². The van der Waals surface area contributed by atoms with Crippen LogP contribution in [0.25, 0.3) is 0 Å². The Kier molecular flexibility index (Phi) is 5.58. The van der Waals surface area contributed by atoms with E-state index in [2.05, 4.69) is 5.32 Å². The third kappa shape index (κ3) is 5.68. The number of rotatable bonds is 6. The van der Waals surface area contributed by atoms with Crippen molar-refractivity contribution >= 4 is 24.1 Å². The molecule has 1 atom stereocenters. The van der Waals surface area contributed by atoms with Crippen molar-refractivity contribution in [2.45, 2.75) is 6.04 Å². The normalized spacial score (nSPS) is 12.1. The minimum absolute atomic E-state index is 0.302. The highest BCUT2D eigenvalue weighted by atomic mass is 32.2. The Balaban J connectivity index is 3.24. The largest absolute Gasteiger partial charge is 0.480 e. The van der Waals surface area contributed by atoms with E-state index in [0.29, 0.717) is 18.0 Å². The van der Waals surface area contributed by atoms with Gasteiger partial charge in [0.15, 0.2) is 0 Å². The molecule has 0 radical (unpaired) electrons. The van der Waals surface area contributed by atoms with E-state index in [-0.39, 0.29) is 0 Å². The van der Waals surface area contributed by atoms with E-state index >= 15 is 0 Å². The minimum atomic E-state index is -1.02. The zero-order chi connectivity index (χ0) is 8.69. The van der Waals surface area contributed by atoms with Crippen LogP contribution in [0.3, 0.4) is 0 Å². The number of hydrogen-bond acceptors (Lipinski definition) is 4. The van der Waals surface area contributed by atoms with Gasteiger partial charge >= 0.3 is 5.97 Å². The van der Waals surface area contributed by atoms with Crippen LogP contribution in [0, 0.1) is 0 Å². The molecule has 11 heavy (non-hydrogen) atoms. The number of carbonyl (C=O) groups is 2. The monoisotopic (exact) mass is 178 g/mol. The van der Waals surface area contributed by atoms with Crippen molar-refractivity contribution in [1.29, 1.82) is 0 Å². The molecule has 0 bridgehead atoms. The molecule has 4 N–H and O–H groups in total. The predicted octanol–water partition coefficient (Wildman–Crippen LogP) is -1.16. The van der Waals surface area contributed by atoms with Crippen LogP contribution < -0.4 is 11.1 Å². The SMILES string of the molecule is N[C@@H](CSCNC=O)C(=O)O. The van der Waals surface area contributed by atoms with Crippen molar-refractivity contribution in [2.75, 3.05) is 11.6 Å². The van der Waals surface area contributed by atoms with Crippen LogP contribution in [0.2, 0.25) is 0 Å². The van der Waals surface area contributed by atoms with E-state index in [1.165, 1.54) is 11.8 Å². The van der Waals surface area contributed by atoms with E-state index in [9.17, 15) is 9.59 Å². The van der Waals surface area contributed by atoms with Crippen LogP contribution in [0.5, 0.6) is 0 Å². The summed E-state index contributed by atoms with van der Waals surface area (Å²) in [5, 5.41) is 10.7. The van der Waals surface area contributed by atoms with Crippen LogP contribution in [0.15, 0.2) is 0 Å². The van der Waals surface area contributed by atoms with Gasteiger partial charge in [-0.3, -0.25) is 9.59 Å². The molecule has 0 saturated carbocycles. The molecule has 0 rings (SSSR count). The van der Waals surface area contributed by atoms with Gasteiger partial charge in [0, 0.05) is 5.75 Å². The molecular weight excluding hydrogens is 168 g/mol. The molecule has 64 valence electrons. The molecule has 0 fully saturated rings. The second-order valence-corrected chi connectivity index (χ2v) is 2.81. The van der Waals surface area contributed by atoms with E-state index in [1.807, 2.05) is 0 Å². The molecule has 0 unspecified atom stereocenters. The standard InChI is InChI=1S/C5H10N2O3S/c6-4(5(9)10)1-11-3-7-2-8/h2,4H,1,3,6H2,(H,7,8)(H,9,10)/t4-/m0/s1. The average Bonchev–Trinajstić information content (AvgIpc) is 1.97. The van der Waals surface area contributed by atoms with Crippen LogP contribution in [-0.4, -0.2) is 35.2 Å². The number of amides is 1. The van der Waals surface area contributed by atoms with Gasteiger partial charge in [0.2, 0.25) is 6.41 Å². The third-order valence-electron chi connectivity index (χ3n) is 0.883. The van der Waals surface area contributed by atoms with Gasteiger partial charge in [-0.05, 0) is 0 Å². The Morgan fingerprint density at radius 3 is 2.91 bits per heavy atom. The van der Waals surface area contributed by atoms with Gasteiger partial charge in [0.1, 0.15) is 6.04 Å². The first kappa shape index (κ1) is 10.2. The molecule has 5 nitrogen and oxygen atoms in total. The third-order valence-corrected chi connectivity index (χ3v) is 1.85. The second kappa shape index (κ2) is 5.99. The minimum Gasteiger partial charge on any atom is -0.480 e. The van der Waals surface area contributed by atoms with Crippen LogP contribution in [0.1, 0.15) is 0 Å². The topological polar surface area (TPSA) is 92.4 Å². The van der Waals surface area contributed by atoms with Crippen molar-refractivity contribution < 1.29 is 14.7 Å². The highest BCUT2D eigenvalue weighted by Gasteiger charge is 2.09. The summed E-state index contributed by atoms with van der Waals surface area (Å²) in [6.45, 7) is 0. The van der Waals surface area contributed by atoms with Crippen molar-refractivity contribution in [3.63, 3.8) is 0 Å². The van der Waals surface area contributed by atoms with Crippen molar-refractivity contribution in [2.24, 2.45) is 5.73 Å². The summed E-state index contributed by atoms with van der Waals surface area (Å²) in [6, 6.07) is -0.853. The number of carboxylic acid groups (broad SMARTS) is 1. The average molecular weight is 178 g/mol. The van der Waals surface area contributed by atoms with Gasteiger partial charge in [0.05, 0.1) is 5.88 Å². The number of carboxylic acids is 1. The predicted molar refractivity (Wildman–Crippen MR) is 42.1 cm³/mol. The summed E-state index contributed by atoms with van der Waals surface area (Å²) in [4.78, 5) is 19.8. The lowest BCUT2D eigenvalue weighted by Gasteiger charge is -2.04. The van der Waals surface area contributed by atoms with Crippen molar-refractivity contribution in [3.8, 4) is 0 Å². The van der Waals surface area contributed by atoms with Gasteiger partial charge in [-0.1, -0.05) is 0 Å². The number of carbonyl (C=O) groups excluding carboxylic acids is 1. The fourth-order valence-corrected chi connectivity index (χ4v) is 1.05. The van der Waals surface area contributed by atoms with Gasteiger partial charge < -0.3 is 16.2 Å². The Morgan fingerprint density at radius 1 is 1.82 bits per heavy atom. The van der Waals surface area contributed by atoms with E-state index < -0.39 is 12.0 Å². The Bertz CT molecular complexity index is 142. The highest BCUT2D eigenvalue weighted by molar-refractivity contribution is 7.99. The lowest BCUT2D eigenvalue weighted by molar-refractivity contribution is -0.137. The maximum absolute atomic E-state index is 10.1. The molecule has 0 aliphatic carbocycles. The summed E-state index contributed by atoms with van der Waals surface area (Å²) in [6.07, 6.45) is 0.555. The molecule has 0 heterocycles. The molecule has 1 amide bonds. The molecule has 0 saturated heterocycles. The number of nitrogens with one attached hydrogen (secondary N) is 1. The summed E-state index contributed by atoms with van der Waals surface area (Å²) >= 11 is 1.27. The highest BCUT2D eigenvalue weighted by Crippen LogP contribution is 1.98. The number of nitrogens with two attached hydrogens (primary N) is 1. The molecule has 0 spiro atoms. The Hall–Kier alpha value is -0.750. The first-order chi connectivity index (χ1) is 5.18. The summed E-state index contributed by atoms with van der Waals surface area (Å²) in [5.41, 5.74) is 5.16. The second-order valence-electron chi connectivity index (χ2n) is 1.78. The van der Waals surface area contributed by atoms with Gasteiger partial charge in [-0.15, -0.1) is 11.8 Å². The van der Waals surface area contributed by atoms with E-state index in [1.54, 1.807) is 0 Å². The zero-order valence-corrected chi connectivity index (χ0v) is 6.63. The van der Waals surface area contributed by atoms with Crippen LogP contribution >= 0.6 is 11.8 Å². The maximum Gasteiger partial charge on any atom is 0.321 e. The molecule has 0 aromatic rings. The molecule has 0 aliphatic rings. The fraction of sp³-hybridized carbons (Fsp3) is 0.600. The van der Waals surface area contributed by atoms with Gasteiger partial charge in [-0.2, -0.15) is 0 Å². The van der Waals surface area contributed by atoms with Crippen molar-refractivity contribution in [1.82, 2.24) is 5.32 Å². The smallest absolute Gasteiger partial charge is 0.321 e. The summed E-state index contributed by atoms with van der Waals surface area (Å²) in [7, 11) is 0. The lowest BCUT2D eigenvalue weighted by atomic mass is 10.4. The quantitative estimate of drug-likeness (QED) is 0.271. The van der Waals surface area contributed by atoms with Crippen LogP contribution in [0.4, 0.5) is 0 Å². The number of aliphatic carboxylic acids is 1. The molecular formula is C5H10N2O3S. The molecule has 0 aromatic carbocycles. The molecule has 0 aliphatic heterocycles. The number of thioether (sulfide) groups is 1. The van der Waals surface area contributed by atoms with E-state index in [0.717, 1.165) is 0 Å².